The van der Waals surface area contributed by atoms with Crippen LogP contribution in [0.25, 0.3) is 17.0 Å². The molecule has 0 aliphatic carbocycles. The Morgan fingerprint density at radius 3 is 2.21 bits per heavy atom. The van der Waals surface area contributed by atoms with Gasteiger partial charge >= 0.3 is 6.03 Å². The van der Waals surface area contributed by atoms with E-state index in [9.17, 15) is 9.18 Å². The maximum absolute atomic E-state index is 13.6. The quantitative estimate of drug-likeness (QED) is 0.335. The number of nitrogens with zero attached hydrogens (tertiary/aromatic N) is 3. The minimum atomic E-state index is -0.629. The molecule has 0 radical (unpaired) electrons. The number of carbonyl (C=O) groups excluding carboxylic acids is 1. The normalized spacial score (nSPS) is 16.1. The van der Waals surface area contributed by atoms with Crippen LogP contribution in [0.2, 0.25) is 10.0 Å². The summed E-state index contributed by atoms with van der Waals surface area (Å²) in [5, 5.41) is 8.25. The number of nitrogens with one attached hydrogen (secondary N) is 1. The molecule has 1 N–H and O–H groups in total. The molecule has 0 saturated carbocycles. The molecule has 1 aliphatic rings. The predicted octanol–water partition coefficient (Wildman–Crippen LogP) is 6.88. The lowest BCUT2D eigenvalue weighted by molar-refractivity contribution is 0.244. The first-order valence-electron chi connectivity index (χ1n) is 10.3. The Morgan fingerprint density at radius 2 is 1.56 bits per heavy atom. The fourth-order valence-electron chi connectivity index (χ4n) is 3.88. The number of rotatable bonds is 4. The van der Waals surface area contributed by atoms with E-state index in [2.05, 4.69) is 15.5 Å². The summed E-state index contributed by atoms with van der Waals surface area (Å²) in [4.78, 5) is 19.3. The van der Waals surface area contributed by atoms with E-state index in [1.54, 1.807) is 67.6 Å². The maximum atomic E-state index is 13.6. The van der Waals surface area contributed by atoms with Crippen LogP contribution in [0.3, 0.4) is 0 Å². The highest BCUT2D eigenvalue weighted by Gasteiger charge is 2.36. The lowest BCUT2D eigenvalue weighted by atomic mass is 9.94. The van der Waals surface area contributed by atoms with Crippen molar-refractivity contribution in [1.29, 1.82) is 0 Å². The zero-order valence-corrected chi connectivity index (χ0v) is 19.3. The first kappa shape index (κ1) is 22.1. The van der Waals surface area contributed by atoms with Crippen LogP contribution in [-0.4, -0.2) is 16.2 Å². The fraction of sp³-hybridized carbons (Fsp3) is 0.0800. The molecule has 170 valence electrons. The number of carbonyl (C=O) groups is 1. The van der Waals surface area contributed by atoms with Gasteiger partial charge in [0.15, 0.2) is 0 Å². The van der Waals surface area contributed by atoms with Gasteiger partial charge in [0, 0.05) is 21.3 Å². The molecular weight excluding hydrogens is 478 g/mol. The Kier molecular flexibility index (Phi) is 5.81. The molecule has 0 fully saturated rings. The van der Waals surface area contributed by atoms with E-state index < -0.39 is 6.04 Å². The second-order valence-electron chi connectivity index (χ2n) is 7.67. The summed E-state index contributed by atoms with van der Waals surface area (Å²) in [5.74, 6) is 0.231. The number of halogens is 3. The zero-order valence-electron chi connectivity index (χ0n) is 17.8. The van der Waals surface area contributed by atoms with E-state index in [-0.39, 0.29) is 17.7 Å². The number of anilines is 1. The Balaban J connectivity index is 1.64. The number of amides is 2. The molecule has 1 atom stereocenters. The van der Waals surface area contributed by atoms with Crippen LogP contribution in [0.1, 0.15) is 24.4 Å². The molecular formula is C25H17Cl2FN4O2. The van der Waals surface area contributed by atoms with Gasteiger partial charge in [-0.25, -0.2) is 9.18 Å². The molecule has 3 aromatic carbocycles. The van der Waals surface area contributed by atoms with Crippen LogP contribution in [0.15, 0.2) is 83.0 Å². The van der Waals surface area contributed by atoms with Crippen molar-refractivity contribution in [3.05, 3.63) is 106 Å². The first-order chi connectivity index (χ1) is 16.4. The number of benzene rings is 3. The van der Waals surface area contributed by atoms with Crippen LogP contribution in [0.4, 0.5) is 14.9 Å². The molecule has 6 nitrogen and oxygen atoms in total. The highest BCUT2D eigenvalue weighted by Crippen LogP contribution is 2.39. The highest BCUT2D eigenvalue weighted by atomic mass is 35.5. The molecule has 4 aromatic rings. The van der Waals surface area contributed by atoms with Crippen LogP contribution >= 0.6 is 23.2 Å². The molecule has 0 saturated heterocycles. The summed E-state index contributed by atoms with van der Waals surface area (Å²) >= 11 is 12.0. The third-order valence-corrected chi connectivity index (χ3v) is 6.04. The van der Waals surface area contributed by atoms with Gasteiger partial charge < -0.3 is 9.84 Å². The van der Waals surface area contributed by atoms with Gasteiger partial charge in [0.05, 0.1) is 17.3 Å². The van der Waals surface area contributed by atoms with E-state index in [0.717, 1.165) is 5.56 Å². The summed E-state index contributed by atoms with van der Waals surface area (Å²) in [7, 11) is 0. The van der Waals surface area contributed by atoms with E-state index in [1.807, 2.05) is 0 Å². The van der Waals surface area contributed by atoms with Crippen LogP contribution in [-0.2, 0) is 0 Å². The van der Waals surface area contributed by atoms with Gasteiger partial charge in [0.2, 0.25) is 5.82 Å². The minimum Gasteiger partial charge on any atom is -0.334 e. The van der Waals surface area contributed by atoms with Gasteiger partial charge in [0.25, 0.3) is 5.89 Å². The standard InChI is InChI=1S/C25H17Cl2FN4O2/c1-14-21(24-30-23(31-34-24)16-2-6-17(26)7-3-16)22(15-4-10-19(28)11-5-15)29-25(33)32(14)20-12-8-18(27)9-13-20/h2-13,22H,1H3,(H,29,33). The van der Waals surface area contributed by atoms with Crippen LogP contribution in [0, 0.1) is 5.82 Å². The van der Waals surface area contributed by atoms with Gasteiger partial charge in [-0.1, -0.05) is 40.5 Å². The molecule has 9 heteroatoms. The average molecular weight is 495 g/mol. The van der Waals surface area contributed by atoms with Gasteiger partial charge in [-0.05, 0) is 73.2 Å². The summed E-state index contributed by atoms with van der Waals surface area (Å²) in [6.07, 6.45) is 0. The predicted molar refractivity (Wildman–Crippen MR) is 129 cm³/mol. The molecule has 1 unspecified atom stereocenters. The summed E-state index contributed by atoms with van der Waals surface area (Å²) in [6, 6.07) is 18.9. The number of urea groups is 1. The SMILES string of the molecule is CC1=C(c2nc(-c3ccc(Cl)cc3)no2)C(c2ccc(F)cc2)NC(=O)N1c1ccc(Cl)cc1. The number of hydrogen-bond acceptors (Lipinski definition) is 4. The smallest absolute Gasteiger partial charge is 0.326 e. The first-order valence-corrected chi connectivity index (χ1v) is 11.1. The second kappa shape index (κ2) is 8.93. The highest BCUT2D eigenvalue weighted by molar-refractivity contribution is 6.31. The summed E-state index contributed by atoms with van der Waals surface area (Å²) < 4.78 is 19.2. The average Bonchev–Trinajstić information content (AvgIpc) is 3.30. The molecule has 34 heavy (non-hydrogen) atoms. The van der Waals surface area contributed by atoms with Crippen LogP contribution in [0.5, 0.6) is 0 Å². The number of aromatic nitrogens is 2. The zero-order chi connectivity index (χ0) is 23.8. The lowest BCUT2D eigenvalue weighted by Crippen LogP contribution is -2.46. The third-order valence-electron chi connectivity index (χ3n) is 5.53. The van der Waals surface area contributed by atoms with Gasteiger partial charge in [-0.2, -0.15) is 4.98 Å². The van der Waals surface area contributed by atoms with Crippen molar-refractivity contribution in [3.8, 4) is 11.4 Å². The molecule has 5 rings (SSSR count). The molecule has 2 heterocycles. The van der Waals surface area contributed by atoms with Crippen molar-refractivity contribution in [2.24, 2.45) is 0 Å². The Hall–Kier alpha value is -3.68. The molecule has 2 amide bonds. The molecule has 0 bridgehead atoms. The topological polar surface area (TPSA) is 71.3 Å². The number of allylic oxidation sites excluding steroid dienone is 1. The van der Waals surface area contributed by atoms with Crippen molar-refractivity contribution in [2.45, 2.75) is 13.0 Å². The Labute approximate surface area is 204 Å². The van der Waals surface area contributed by atoms with Crippen molar-refractivity contribution in [3.63, 3.8) is 0 Å². The largest absolute Gasteiger partial charge is 0.334 e. The maximum Gasteiger partial charge on any atom is 0.326 e. The molecule has 1 aliphatic heterocycles. The minimum absolute atomic E-state index is 0.232. The Morgan fingerprint density at radius 1 is 0.941 bits per heavy atom. The molecule has 0 spiro atoms. The van der Waals surface area contributed by atoms with Gasteiger partial charge in [0.1, 0.15) is 5.82 Å². The molecule has 1 aromatic heterocycles. The monoisotopic (exact) mass is 494 g/mol. The lowest BCUT2D eigenvalue weighted by Gasteiger charge is -2.35. The van der Waals surface area contributed by atoms with E-state index in [1.165, 1.54) is 17.0 Å². The number of hydrogen-bond donors (Lipinski definition) is 1. The summed E-state index contributed by atoms with van der Waals surface area (Å²) in [6.45, 7) is 1.80. The van der Waals surface area contributed by atoms with Crippen molar-refractivity contribution in [2.75, 3.05) is 4.90 Å². The van der Waals surface area contributed by atoms with E-state index in [4.69, 9.17) is 27.7 Å². The Bertz CT molecular complexity index is 1380. The van der Waals surface area contributed by atoms with Crippen molar-refractivity contribution < 1.29 is 13.7 Å². The van der Waals surface area contributed by atoms with E-state index in [0.29, 0.717) is 38.4 Å². The van der Waals surface area contributed by atoms with E-state index >= 15 is 0 Å². The van der Waals surface area contributed by atoms with Gasteiger partial charge in [-0.3, -0.25) is 4.90 Å². The fourth-order valence-corrected chi connectivity index (χ4v) is 4.13. The van der Waals surface area contributed by atoms with Crippen molar-refractivity contribution >= 4 is 40.5 Å². The van der Waals surface area contributed by atoms with Gasteiger partial charge in [-0.15, -0.1) is 0 Å². The second-order valence-corrected chi connectivity index (χ2v) is 8.55. The third kappa shape index (κ3) is 4.16. The van der Waals surface area contributed by atoms with Crippen molar-refractivity contribution in [1.82, 2.24) is 15.5 Å². The summed E-state index contributed by atoms with van der Waals surface area (Å²) in [5.41, 5.74) is 3.20. The van der Waals surface area contributed by atoms with Crippen LogP contribution < -0.4 is 10.2 Å².